The van der Waals surface area contributed by atoms with Crippen LogP contribution in [0.4, 0.5) is 0 Å². The van der Waals surface area contributed by atoms with E-state index in [1.54, 1.807) is 126 Å². The molecule has 44 heteroatoms. The molecule has 0 aliphatic carbocycles. The molecule has 4 aliphatic rings. The molecule has 10 unspecified atom stereocenters. The van der Waals surface area contributed by atoms with Gasteiger partial charge in [0.25, 0.3) is 0 Å². The van der Waals surface area contributed by atoms with Crippen LogP contribution in [0.25, 0.3) is 0 Å². The van der Waals surface area contributed by atoms with Crippen LogP contribution in [0, 0.1) is 58.7 Å². The summed E-state index contributed by atoms with van der Waals surface area (Å²) in [6, 6.07) is 1.39. The summed E-state index contributed by atoms with van der Waals surface area (Å²) in [6.45, 7) is 41.7. The molecule has 0 saturated carbocycles. The Morgan fingerprint density at radius 1 is 0.462 bits per heavy atom. The van der Waals surface area contributed by atoms with Crippen molar-refractivity contribution < 1.29 is 120 Å². The van der Waals surface area contributed by atoms with E-state index in [2.05, 4.69) is 129 Å². The number of methoxy groups -OCH3 is 13. The highest BCUT2D eigenvalue weighted by Crippen LogP contribution is 2.52. The van der Waals surface area contributed by atoms with Crippen molar-refractivity contribution in [2.45, 2.75) is 205 Å². The van der Waals surface area contributed by atoms with Crippen molar-refractivity contribution in [3.63, 3.8) is 0 Å². The molecule has 11 heterocycles. The first kappa shape index (κ1) is 126. The van der Waals surface area contributed by atoms with Gasteiger partial charge in [0.1, 0.15) is 118 Å². The van der Waals surface area contributed by atoms with Gasteiger partial charge in [0.05, 0.1) is 129 Å². The zero-order valence-electron chi connectivity index (χ0n) is 87.2. The Morgan fingerprint density at radius 2 is 0.804 bits per heavy atom. The number of nitrogens with zero attached hydrogens (tertiary/aromatic N) is 8. The average molecular weight is 2400 g/mol. The number of halogens is 6. The molecule has 0 bridgehead atoms. The molecule has 0 saturated heterocycles. The van der Waals surface area contributed by atoms with Gasteiger partial charge in [-0.25, -0.2) is 0 Å². The molecule has 0 radical (unpaired) electrons. The van der Waals surface area contributed by atoms with Gasteiger partial charge >= 0.3 is 0 Å². The number of hydrogen-bond donors (Lipinski definition) is 6. The number of oxime groups is 1. The second-order valence-corrected chi connectivity index (χ2v) is 42.8. The fourth-order valence-corrected chi connectivity index (χ4v) is 18.2. The van der Waals surface area contributed by atoms with Gasteiger partial charge in [-0.1, -0.05) is 100 Å². The van der Waals surface area contributed by atoms with Crippen LogP contribution in [0.5, 0.6) is 40.2 Å². The Balaban J connectivity index is 0.000000294. The normalized spacial score (nSPS) is 18.9. The van der Waals surface area contributed by atoms with Crippen LogP contribution in [0.15, 0.2) is 126 Å². The third kappa shape index (κ3) is 29.3. The molecule has 0 amide bonds. The number of aliphatic hydroxyl groups is 4. The molecule has 4 aliphatic heterocycles. The fourth-order valence-electron chi connectivity index (χ4n) is 16.0. The number of rotatable bonds is 35. The second-order valence-electron chi connectivity index (χ2n) is 37.7. The van der Waals surface area contributed by atoms with Crippen molar-refractivity contribution in [2.75, 3.05) is 140 Å². The zero-order chi connectivity index (χ0) is 108. The summed E-state index contributed by atoms with van der Waals surface area (Å²) in [5.41, 5.74) is 9.18. The molecule has 7 N–H and O–H groups in total. The van der Waals surface area contributed by atoms with Gasteiger partial charge < -0.3 is 140 Å². The minimum absolute atomic E-state index is 0.0219. The number of Topliss-reactive ketones (excluding diaryl/α,β-unsaturated/α-hetero) is 1. The Hall–Kier alpha value is -7.33. The van der Waals surface area contributed by atoms with Crippen LogP contribution < -0.4 is 60.6 Å². The molecule has 7 aromatic heterocycles. The number of pyridine rings is 7. The molecule has 10 atom stereocenters. The standard InChI is InChI=1S/C15H24BrNO5.C15H22BrNO3.C14H19BrN2O5.C14H20BrNO5.C14H18BrNO5.C14H22N2O4.C13H18BrNO2/c1-9-10(16)6-17-12(13(9)21-5)14(22-8-20-4)15(2,3)11(19)7-18;1-7-15(3,4)14(20-9-18-5)12-13(19-6)10(2)11(16)8-17-12;1-14(2)9(16-19)6-17-5-8(15)11(18)12(21-4)10(17)13(14)22-7-20-3;2*1-14(2)9(17)6-16-5-8(15)11(18)12(20-4)10(16)13(14)21-7-19-3;1-14(2)10(15)7-16-6-5-9(17)12(19-4)11(16)13(14)20-8-18-3;1-6-13(3,4)12(16)10-11(17-5)8(2)9(14)7-15-10/h6,11,14,18-19H,7-8H2,1-5H3;7-8,14H,1,9H2,2-6H3;5,13,19H,6-7H2,1-4H3;5,9,13,17H,6-7H2,1-4H3;5,13H,6-7H2,1-4H3;5-6,10,13H,7-8,15H2,1-4H3;6-7,12,16H,1H2,2-5H3/b;;16-9+;;;;. The van der Waals surface area contributed by atoms with Gasteiger partial charge in [-0.15, -0.1) is 13.2 Å². The molecule has 0 fully saturated rings. The second kappa shape index (κ2) is 55.8. The van der Waals surface area contributed by atoms with Crippen molar-refractivity contribution in [2.24, 2.45) is 48.8 Å². The van der Waals surface area contributed by atoms with Crippen molar-refractivity contribution in [1.29, 1.82) is 0 Å². The first-order valence-corrected chi connectivity index (χ1v) is 49.6. The maximum atomic E-state index is 12.4. The summed E-state index contributed by atoms with van der Waals surface area (Å²) in [4.78, 5) is 74.3. The van der Waals surface area contributed by atoms with Gasteiger partial charge in [0.15, 0.2) is 28.8 Å². The van der Waals surface area contributed by atoms with Crippen LogP contribution in [0.1, 0.15) is 196 Å². The van der Waals surface area contributed by atoms with Crippen molar-refractivity contribution in [3.8, 4) is 40.2 Å². The minimum atomic E-state index is -0.982. The number of ketones is 1. The van der Waals surface area contributed by atoms with E-state index >= 15 is 0 Å². The lowest BCUT2D eigenvalue weighted by Crippen LogP contribution is -2.50. The first-order chi connectivity index (χ1) is 67.0. The van der Waals surface area contributed by atoms with E-state index in [9.17, 15) is 49.6 Å². The quantitative estimate of drug-likeness (QED) is 0.00930. The largest absolute Gasteiger partial charge is 0.494 e. The summed E-state index contributed by atoms with van der Waals surface area (Å²) in [6.07, 6.45) is 9.98. The lowest BCUT2D eigenvalue weighted by atomic mass is 9.75. The van der Waals surface area contributed by atoms with Crippen LogP contribution in [0.2, 0.25) is 0 Å². The Morgan fingerprint density at radius 3 is 1.19 bits per heavy atom. The lowest BCUT2D eigenvalue weighted by molar-refractivity contribution is -0.158. The van der Waals surface area contributed by atoms with E-state index in [0.29, 0.717) is 84.5 Å². The average Bonchev–Trinajstić information content (AvgIpc) is 0.747. The fraction of sp³-hybridized carbons (Fsp3) is 0.586. The number of ether oxygens (including phenoxy) is 19. The van der Waals surface area contributed by atoms with Crippen LogP contribution in [-0.4, -0.2) is 228 Å². The highest BCUT2D eigenvalue weighted by atomic mass is 79.9. The van der Waals surface area contributed by atoms with E-state index in [4.69, 9.17) is 95.7 Å². The summed E-state index contributed by atoms with van der Waals surface area (Å²) in [7, 11) is 19.8. The Bertz CT molecular complexity index is 5710. The van der Waals surface area contributed by atoms with E-state index in [1.165, 1.54) is 62.9 Å². The predicted molar refractivity (Wildman–Crippen MR) is 559 cm³/mol. The topological polar surface area (TPSA) is 459 Å². The third-order valence-electron chi connectivity index (χ3n) is 25.5. The van der Waals surface area contributed by atoms with Gasteiger partial charge in [0.2, 0.25) is 21.7 Å². The molecule has 0 spiro atoms. The highest BCUT2D eigenvalue weighted by Gasteiger charge is 2.51. The SMILES string of the molecule is C=CC(C)(C)C(O)c1ncc(Br)c(C)c1OC.C=CC(C)(C)C(OCOC)c1ncc(Br)c(C)c1OC.COCOC(c1ncc(Br)c(C)c1OC)C(C)(C)C(O)CO.COCOC1c2c(OC)c(=O)c(Br)cn2C/C(=N\O)C1(C)C.COCOC1c2c(OC)c(=O)c(Br)cn2CC(=O)C1(C)C.COCOC1c2c(OC)c(=O)c(Br)cn2CC(O)C1(C)C.COCOC1c2c(OC)c(=O)ccn2CC(N)C1(C)C. The molecular weight excluding hydrogens is 2260 g/mol. The molecule has 7 aromatic rings. The van der Waals surface area contributed by atoms with Crippen molar-refractivity contribution in [3.05, 3.63) is 199 Å². The van der Waals surface area contributed by atoms with Crippen LogP contribution in [-0.2, 0) is 87.8 Å². The van der Waals surface area contributed by atoms with Crippen molar-refractivity contribution >= 4 is 107 Å². The van der Waals surface area contributed by atoms with Gasteiger partial charge in [-0.3, -0.25) is 38.9 Å². The predicted octanol–water partition coefficient (Wildman–Crippen LogP) is 16.3. The van der Waals surface area contributed by atoms with Crippen LogP contribution in [0.3, 0.4) is 0 Å². The van der Waals surface area contributed by atoms with E-state index in [-0.39, 0.29) is 128 Å². The smallest absolute Gasteiger partial charge is 0.237 e. The summed E-state index contributed by atoms with van der Waals surface area (Å²) in [5, 5.41) is 53.0. The van der Waals surface area contributed by atoms with E-state index < -0.39 is 69.8 Å². The summed E-state index contributed by atoms with van der Waals surface area (Å²) < 4.78 is 113. The number of hydrogen-bond acceptors (Lipinski definition) is 34. The Labute approximate surface area is 886 Å². The molecule has 143 heavy (non-hydrogen) atoms. The first-order valence-electron chi connectivity index (χ1n) is 44.8. The molecule has 800 valence electrons. The highest BCUT2D eigenvalue weighted by molar-refractivity contribution is 9.11. The summed E-state index contributed by atoms with van der Waals surface area (Å²) >= 11 is 19.9. The number of carbonyl (C=O) groups excluding carboxylic acids is 1. The van der Waals surface area contributed by atoms with Crippen LogP contribution >= 0.6 is 95.6 Å². The number of aliphatic hydroxyl groups excluding tert-OH is 4. The maximum Gasteiger partial charge on any atom is 0.237 e. The zero-order valence-corrected chi connectivity index (χ0v) is 96.7. The van der Waals surface area contributed by atoms with Gasteiger partial charge in [-0.2, -0.15) is 0 Å². The summed E-state index contributed by atoms with van der Waals surface area (Å²) in [5.74, 6) is 2.87. The van der Waals surface area contributed by atoms with E-state index in [0.717, 1.165) is 47.2 Å². The Kier molecular flexibility index (Phi) is 49.2. The minimum Gasteiger partial charge on any atom is -0.494 e. The van der Waals surface area contributed by atoms with Crippen molar-refractivity contribution in [1.82, 2.24) is 33.2 Å². The number of carbonyl (C=O) groups is 1. The molecular formula is C99H143Br6N9O29. The molecule has 0 aromatic carbocycles. The number of nitrogens with two attached hydrogens (primary N) is 1. The lowest BCUT2D eigenvalue weighted by Gasteiger charge is -2.44. The van der Waals surface area contributed by atoms with Gasteiger partial charge in [-0.05, 0) is 130 Å². The maximum absolute atomic E-state index is 12.4. The number of aromatic nitrogens is 7. The molecule has 38 nitrogen and oxygen atoms in total. The molecule has 11 rings (SSSR count). The number of fused-ring (bicyclic) bond motifs is 4. The van der Waals surface area contributed by atoms with Gasteiger partial charge in [0, 0.05) is 174 Å². The monoisotopic (exact) mass is 2400 g/mol. The third-order valence-corrected chi connectivity index (χ3v) is 29.6. The van der Waals surface area contributed by atoms with E-state index in [1.807, 2.05) is 101 Å².